The third-order valence-electron chi connectivity index (χ3n) is 5.67. The van der Waals surface area contributed by atoms with Crippen molar-refractivity contribution in [3.05, 3.63) is 59.4 Å². The number of nitrogens with zero attached hydrogens (tertiary/aromatic N) is 1. The standard InChI is InChI=1S/C23H24ClFN2O4/c24-12-21(28)27(13-15-5-10-19-20(11-15)31-14-30-19)22(16-6-8-17(25)9-7-16)23(29)26-18-3-1-2-4-18/h5-11,18,22H,1-4,12-14H2,(H,26,29). The van der Waals surface area contributed by atoms with Gasteiger partial charge in [0.15, 0.2) is 11.5 Å². The Kier molecular flexibility index (Phi) is 6.61. The molecule has 1 N–H and O–H groups in total. The first kappa shape index (κ1) is 21.4. The Balaban J connectivity index is 1.66. The summed E-state index contributed by atoms with van der Waals surface area (Å²) >= 11 is 5.91. The normalized spacial score (nSPS) is 16.2. The van der Waals surface area contributed by atoms with Crippen molar-refractivity contribution < 1.29 is 23.5 Å². The summed E-state index contributed by atoms with van der Waals surface area (Å²) in [6.07, 6.45) is 3.95. The molecule has 2 amide bonds. The first-order valence-corrected chi connectivity index (χ1v) is 10.9. The van der Waals surface area contributed by atoms with Crippen molar-refractivity contribution in [2.24, 2.45) is 0 Å². The number of hydrogen-bond donors (Lipinski definition) is 1. The van der Waals surface area contributed by atoms with Crippen LogP contribution in [0.4, 0.5) is 4.39 Å². The fourth-order valence-corrected chi connectivity index (χ4v) is 4.26. The van der Waals surface area contributed by atoms with Crippen LogP contribution >= 0.6 is 11.6 Å². The number of fused-ring (bicyclic) bond motifs is 1. The highest BCUT2D eigenvalue weighted by molar-refractivity contribution is 6.27. The molecule has 0 bridgehead atoms. The third kappa shape index (κ3) is 4.93. The first-order valence-electron chi connectivity index (χ1n) is 10.3. The van der Waals surface area contributed by atoms with Crippen LogP contribution in [0.2, 0.25) is 0 Å². The summed E-state index contributed by atoms with van der Waals surface area (Å²) < 4.78 is 24.3. The lowest BCUT2D eigenvalue weighted by molar-refractivity contribution is -0.140. The predicted octanol–water partition coefficient (Wildman–Crippen LogP) is 3.92. The molecule has 1 atom stereocenters. The molecule has 1 heterocycles. The van der Waals surface area contributed by atoms with Crippen LogP contribution in [0.15, 0.2) is 42.5 Å². The van der Waals surface area contributed by atoms with Crippen molar-refractivity contribution in [1.29, 1.82) is 0 Å². The number of ether oxygens (including phenoxy) is 2. The average molecular weight is 447 g/mol. The zero-order valence-electron chi connectivity index (χ0n) is 17.0. The van der Waals surface area contributed by atoms with Crippen LogP contribution in [0.3, 0.4) is 0 Å². The van der Waals surface area contributed by atoms with Crippen LogP contribution in [0.25, 0.3) is 0 Å². The molecular formula is C23H24ClFN2O4. The smallest absolute Gasteiger partial charge is 0.247 e. The van der Waals surface area contributed by atoms with Gasteiger partial charge in [-0.05, 0) is 48.2 Å². The van der Waals surface area contributed by atoms with E-state index in [1.165, 1.54) is 29.2 Å². The Morgan fingerprint density at radius 3 is 2.52 bits per heavy atom. The van der Waals surface area contributed by atoms with E-state index < -0.39 is 17.8 Å². The second-order valence-electron chi connectivity index (χ2n) is 7.79. The molecule has 4 rings (SSSR count). The molecule has 0 aromatic heterocycles. The highest BCUT2D eigenvalue weighted by Crippen LogP contribution is 2.34. The van der Waals surface area contributed by atoms with E-state index >= 15 is 0 Å². The zero-order valence-corrected chi connectivity index (χ0v) is 17.7. The fraction of sp³-hybridized carbons (Fsp3) is 0.391. The highest BCUT2D eigenvalue weighted by atomic mass is 35.5. The number of carbonyl (C=O) groups excluding carboxylic acids is 2. The maximum absolute atomic E-state index is 13.6. The Morgan fingerprint density at radius 1 is 1.10 bits per heavy atom. The highest BCUT2D eigenvalue weighted by Gasteiger charge is 2.33. The molecule has 31 heavy (non-hydrogen) atoms. The van der Waals surface area contributed by atoms with Gasteiger partial charge < -0.3 is 19.7 Å². The van der Waals surface area contributed by atoms with E-state index in [-0.39, 0.29) is 31.2 Å². The van der Waals surface area contributed by atoms with Crippen LogP contribution in [0.1, 0.15) is 42.9 Å². The molecule has 2 aromatic carbocycles. The Labute approximate surface area is 185 Å². The molecule has 0 radical (unpaired) electrons. The number of benzene rings is 2. The van der Waals surface area contributed by atoms with Crippen molar-refractivity contribution >= 4 is 23.4 Å². The molecule has 1 aliphatic carbocycles. The van der Waals surface area contributed by atoms with Crippen LogP contribution in [-0.4, -0.2) is 35.4 Å². The quantitative estimate of drug-likeness (QED) is 0.654. The van der Waals surface area contributed by atoms with Crippen molar-refractivity contribution in [1.82, 2.24) is 10.2 Å². The molecule has 164 valence electrons. The van der Waals surface area contributed by atoms with Crippen LogP contribution in [-0.2, 0) is 16.1 Å². The van der Waals surface area contributed by atoms with Crippen LogP contribution in [0, 0.1) is 5.82 Å². The molecule has 6 nitrogen and oxygen atoms in total. The minimum atomic E-state index is -0.933. The number of amides is 2. The van der Waals surface area contributed by atoms with E-state index in [2.05, 4.69) is 5.32 Å². The zero-order chi connectivity index (χ0) is 21.8. The number of halogens is 2. The number of hydrogen-bond acceptors (Lipinski definition) is 4. The second kappa shape index (κ2) is 9.56. The maximum atomic E-state index is 13.6. The molecule has 1 aliphatic heterocycles. The van der Waals surface area contributed by atoms with Gasteiger partial charge in [-0.15, -0.1) is 11.6 Å². The van der Waals surface area contributed by atoms with Gasteiger partial charge in [0.25, 0.3) is 0 Å². The Bertz CT molecular complexity index is 947. The van der Waals surface area contributed by atoms with Crippen molar-refractivity contribution in [3.63, 3.8) is 0 Å². The summed E-state index contributed by atoms with van der Waals surface area (Å²) in [4.78, 5) is 27.6. The van der Waals surface area contributed by atoms with E-state index in [1.807, 2.05) is 6.07 Å². The van der Waals surface area contributed by atoms with Gasteiger partial charge in [-0.3, -0.25) is 9.59 Å². The summed E-state index contributed by atoms with van der Waals surface area (Å²) in [5.41, 5.74) is 1.29. The van der Waals surface area contributed by atoms with E-state index in [0.717, 1.165) is 31.2 Å². The van der Waals surface area contributed by atoms with Gasteiger partial charge in [-0.2, -0.15) is 0 Å². The van der Waals surface area contributed by atoms with Gasteiger partial charge in [0.1, 0.15) is 17.7 Å². The van der Waals surface area contributed by atoms with E-state index in [1.54, 1.807) is 12.1 Å². The molecule has 1 saturated carbocycles. The summed E-state index contributed by atoms with van der Waals surface area (Å²) in [7, 11) is 0. The predicted molar refractivity (Wildman–Crippen MR) is 113 cm³/mol. The third-order valence-corrected chi connectivity index (χ3v) is 5.90. The molecule has 2 aliphatic rings. The van der Waals surface area contributed by atoms with Crippen molar-refractivity contribution in [2.75, 3.05) is 12.7 Å². The number of carbonyl (C=O) groups is 2. The lowest BCUT2D eigenvalue weighted by atomic mass is 10.0. The molecule has 0 saturated heterocycles. The Hall–Kier alpha value is -2.80. The van der Waals surface area contributed by atoms with E-state index in [4.69, 9.17) is 21.1 Å². The lowest BCUT2D eigenvalue weighted by Crippen LogP contribution is -2.46. The average Bonchev–Trinajstić information content (AvgIpc) is 3.45. The van der Waals surface area contributed by atoms with Crippen LogP contribution in [0.5, 0.6) is 11.5 Å². The van der Waals surface area contributed by atoms with Gasteiger partial charge in [0.05, 0.1) is 0 Å². The molecule has 1 fully saturated rings. The molecule has 2 aromatic rings. The second-order valence-corrected chi connectivity index (χ2v) is 8.05. The molecule has 1 unspecified atom stereocenters. The van der Waals surface area contributed by atoms with Gasteiger partial charge >= 0.3 is 0 Å². The first-order chi connectivity index (χ1) is 15.0. The van der Waals surface area contributed by atoms with E-state index in [0.29, 0.717) is 17.1 Å². The summed E-state index contributed by atoms with van der Waals surface area (Å²) in [6, 6.07) is 10.2. The van der Waals surface area contributed by atoms with Crippen LogP contribution < -0.4 is 14.8 Å². The van der Waals surface area contributed by atoms with Crippen molar-refractivity contribution in [2.45, 2.75) is 44.3 Å². The SMILES string of the molecule is O=C(NC1CCCC1)C(c1ccc(F)cc1)N(Cc1ccc2c(c1)OCO2)C(=O)CCl. The van der Waals surface area contributed by atoms with Gasteiger partial charge in [-0.25, -0.2) is 4.39 Å². The topological polar surface area (TPSA) is 67.9 Å². The summed E-state index contributed by atoms with van der Waals surface area (Å²) in [5.74, 6) is -0.158. The largest absolute Gasteiger partial charge is 0.454 e. The lowest BCUT2D eigenvalue weighted by Gasteiger charge is -2.32. The summed E-state index contributed by atoms with van der Waals surface area (Å²) in [6.45, 7) is 0.285. The summed E-state index contributed by atoms with van der Waals surface area (Å²) in [5, 5.41) is 3.06. The minimum Gasteiger partial charge on any atom is -0.454 e. The molecule has 8 heteroatoms. The number of alkyl halides is 1. The molecule has 0 spiro atoms. The minimum absolute atomic E-state index is 0.0777. The van der Waals surface area contributed by atoms with Gasteiger partial charge in [0, 0.05) is 12.6 Å². The van der Waals surface area contributed by atoms with Crippen molar-refractivity contribution in [3.8, 4) is 11.5 Å². The van der Waals surface area contributed by atoms with Gasteiger partial charge in [-0.1, -0.05) is 31.0 Å². The number of nitrogens with one attached hydrogen (secondary N) is 1. The van der Waals surface area contributed by atoms with E-state index in [9.17, 15) is 14.0 Å². The Morgan fingerprint density at radius 2 is 1.81 bits per heavy atom. The fourth-order valence-electron chi connectivity index (χ4n) is 4.10. The number of rotatable bonds is 7. The maximum Gasteiger partial charge on any atom is 0.247 e. The van der Waals surface area contributed by atoms with Gasteiger partial charge in [0.2, 0.25) is 18.6 Å². The molecular weight excluding hydrogens is 423 g/mol. The monoisotopic (exact) mass is 446 g/mol.